The molecule has 0 bridgehead atoms. The van der Waals surface area contributed by atoms with Crippen LogP contribution in [0.25, 0.3) is 0 Å². The number of nitrogens with one attached hydrogen (secondary N) is 2. The van der Waals surface area contributed by atoms with Gasteiger partial charge in [0.2, 0.25) is 5.72 Å². The number of hydrogen-bond donors (Lipinski definition) is 3. The number of carbonyl (C=O) groups excluding carboxylic acids is 2. The third kappa shape index (κ3) is 2.27. The molecule has 0 radical (unpaired) electrons. The van der Waals surface area contributed by atoms with Crippen molar-refractivity contribution in [2.24, 2.45) is 5.92 Å². The minimum atomic E-state index is -5.17. The lowest BCUT2D eigenvalue weighted by atomic mass is 9.82. The smallest absolute Gasteiger partial charge is 0.363 e. The minimum Gasteiger partial charge on any atom is -0.363 e. The van der Waals surface area contributed by atoms with Crippen molar-refractivity contribution in [2.45, 2.75) is 24.9 Å². The normalized spacial score (nSPS) is 30.6. The largest absolute Gasteiger partial charge is 0.437 e. The van der Waals surface area contributed by atoms with E-state index in [9.17, 15) is 27.9 Å². The first-order chi connectivity index (χ1) is 9.17. The second-order valence-corrected chi connectivity index (χ2v) is 5.42. The predicted molar refractivity (Wildman–Crippen MR) is 63.9 cm³/mol. The number of rotatable bonds is 2. The standard InChI is InChI=1S/C11H11F3N2O3S/c1-5(17)7-8(6-3-2-4-20-6)15-9(18)16-10(7,19)11(12,13)14/h2-4,7-8,19H,1H3,(H2,15,16,18)/t7-,8-,10-/m1/s1. The molecule has 0 unspecified atom stereocenters. The Labute approximate surface area is 115 Å². The molecule has 1 aliphatic rings. The van der Waals surface area contributed by atoms with Crippen molar-refractivity contribution < 1.29 is 27.9 Å². The molecule has 1 saturated heterocycles. The minimum absolute atomic E-state index is 0.364. The number of aliphatic hydroxyl groups is 1. The van der Waals surface area contributed by atoms with Crippen molar-refractivity contribution in [1.82, 2.24) is 10.6 Å². The number of carbonyl (C=O) groups is 2. The van der Waals surface area contributed by atoms with E-state index < -0.39 is 35.7 Å². The van der Waals surface area contributed by atoms with Crippen molar-refractivity contribution in [3.63, 3.8) is 0 Å². The van der Waals surface area contributed by atoms with Gasteiger partial charge >= 0.3 is 12.2 Å². The van der Waals surface area contributed by atoms with Gasteiger partial charge in [0.15, 0.2) is 0 Å². The lowest BCUT2D eigenvalue weighted by Gasteiger charge is -2.44. The van der Waals surface area contributed by atoms with E-state index >= 15 is 0 Å². The predicted octanol–water partition coefficient (Wildman–Crippen LogP) is 1.56. The molecule has 5 nitrogen and oxygen atoms in total. The highest BCUT2D eigenvalue weighted by molar-refractivity contribution is 7.10. The maximum atomic E-state index is 13.1. The van der Waals surface area contributed by atoms with Crippen LogP contribution in [0.4, 0.5) is 18.0 Å². The molecule has 2 heterocycles. The Balaban J connectivity index is 2.52. The van der Waals surface area contributed by atoms with E-state index in [0.717, 1.165) is 18.3 Å². The van der Waals surface area contributed by atoms with Crippen LogP contribution < -0.4 is 10.6 Å². The van der Waals surface area contributed by atoms with Gasteiger partial charge in [-0.25, -0.2) is 4.79 Å². The van der Waals surface area contributed by atoms with Crippen LogP contribution in [-0.2, 0) is 4.79 Å². The maximum absolute atomic E-state index is 13.1. The second kappa shape index (κ2) is 4.74. The van der Waals surface area contributed by atoms with Gasteiger partial charge in [-0.2, -0.15) is 13.2 Å². The van der Waals surface area contributed by atoms with Crippen LogP contribution in [0.15, 0.2) is 17.5 Å². The van der Waals surface area contributed by atoms with Crippen LogP contribution in [-0.4, -0.2) is 28.8 Å². The monoisotopic (exact) mass is 308 g/mol. The first-order valence-electron chi connectivity index (χ1n) is 5.58. The number of amides is 2. The van der Waals surface area contributed by atoms with E-state index in [4.69, 9.17) is 0 Å². The van der Waals surface area contributed by atoms with Crippen LogP contribution >= 0.6 is 11.3 Å². The topological polar surface area (TPSA) is 78.4 Å². The fourth-order valence-electron chi connectivity index (χ4n) is 2.23. The molecule has 1 aromatic rings. The van der Waals surface area contributed by atoms with Crippen molar-refractivity contribution in [3.05, 3.63) is 22.4 Å². The molecule has 2 amide bonds. The molecule has 1 aromatic heterocycles. The summed E-state index contributed by atoms with van der Waals surface area (Å²) in [6.07, 6.45) is -5.17. The maximum Gasteiger partial charge on any atom is 0.437 e. The summed E-state index contributed by atoms with van der Waals surface area (Å²) in [5.74, 6) is -2.74. The zero-order valence-electron chi connectivity index (χ0n) is 10.2. The van der Waals surface area contributed by atoms with Gasteiger partial charge in [-0.15, -0.1) is 11.3 Å². The number of Topliss-reactive ketones (excluding diaryl/α,β-unsaturated/α-hetero) is 1. The zero-order valence-corrected chi connectivity index (χ0v) is 11.0. The van der Waals surface area contributed by atoms with Gasteiger partial charge in [0.1, 0.15) is 5.78 Å². The Morgan fingerprint density at radius 2 is 2.15 bits per heavy atom. The summed E-state index contributed by atoms with van der Waals surface area (Å²) in [6, 6.07) is 0.666. The molecule has 1 aliphatic heterocycles. The number of alkyl halides is 3. The zero-order chi connectivity index (χ0) is 15.1. The van der Waals surface area contributed by atoms with Crippen molar-refractivity contribution in [1.29, 1.82) is 0 Å². The number of halogens is 3. The number of urea groups is 1. The van der Waals surface area contributed by atoms with Gasteiger partial charge < -0.3 is 15.7 Å². The summed E-state index contributed by atoms with van der Waals surface area (Å²) in [5.41, 5.74) is -3.59. The lowest BCUT2D eigenvalue weighted by molar-refractivity contribution is -0.290. The number of ketones is 1. The molecule has 0 aromatic carbocycles. The molecule has 0 aliphatic carbocycles. The highest BCUT2D eigenvalue weighted by atomic mass is 32.1. The van der Waals surface area contributed by atoms with Gasteiger partial charge in [-0.1, -0.05) is 6.07 Å². The molecular weight excluding hydrogens is 297 g/mol. The molecule has 2 rings (SSSR count). The van der Waals surface area contributed by atoms with Gasteiger partial charge in [-0.3, -0.25) is 4.79 Å². The summed E-state index contributed by atoms with van der Waals surface area (Å²) in [4.78, 5) is 23.4. The van der Waals surface area contributed by atoms with E-state index in [0.29, 0.717) is 4.88 Å². The van der Waals surface area contributed by atoms with E-state index in [1.807, 2.05) is 0 Å². The van der Waals surface area contributed by atoms with Crippen LogP contribution in [0.2, 0.25) is 0 Å². The van der Waals surface area contributed by atoms with Crippen molar-refractivity contribution in [2.75, 3.05) is 0 Å². The molecule has 9 heteroatoms. The molecule has 20 heavy (non-hydrogen) atoms. The van der Waals surface area contributed by atoms with E-state index in [1.54, 1.807) is 11.4 Å². The molecule has 3 atom stereocenters. The van der Waals surface area contributed by atoms with Gasteiger partial charge in [0, 0.05) is 4.88 Å². The first-order valence-corrected chi connectivity index (χ1v) is 6.46. The summed E-state index contributed by atoms with van der Waals surface area (Å²) in [6.45, 7) is 0.946. The summed E-state index contributed by atoms with van der Waals surface area (Å²) in [5, 5.41) is 15.1. The Kier molecular flexibility index (Phi) is 3.51. The first kappa shape index (κ1) is 14.8. The van der Waals surface area contributed by atoms with Gasteiger partial charge in [0.25, 0.3) is 0 Å². The van der Waals surface area contributed by atoms with E-state index in [1.165, 1.54) is 11.4 Å². The average Bonchev–Trinajstić information content (AvgIpc) is 2.78. The quantitative estimate of drug-likeness (QED) is 0.776. The third-order valence-electron chi connectivity index (χ3n) is 3.09. The van der Waals surface area contributed by atoms with Crippen molar-refractivity contribution in [3.8, 4) is 0 Å². The van der Waals surface area contributed by atoms with Crippen molar-refractivity contribution >= 4 is 23.2 Å². The third-order valence-corrected chi connectivity index (χ3v) is 4.05. The van der Waals surface area contributed by atoms with Crippen LogP contribution in [0, 0.1) is 5.92 Å². The summed E-state index contributed by atoms with van der Waals surface area (Å²) >= 11 is 1.09. The molecule has 1 fully saturated rings. The highest BCUT2D eigenvalue weighted by Gasteiger charge is 2.65. The molecule has 0 spiro atoms. The Hall–Kier alpha value is -1.61. The van der Waals surface area contributed by atoms with E-state index in [2.05, 4.69) is 5.32 Å². The molecule has 3 N–H and O–H groups in total. The molecule has 0 saturated carbocycles. The highest BCUT2D eigenvalue weighted by Crippen LogP contribution is 2.43. The van der Waals surface area contributed by atoms with Gasteiger partial charge in [0.05, 0.1) is 12.0 Å². The Morgan fingerprint density at radius 1 is 1.50 bits per heavy atom. The van der Waals surface area contributed by atoms with Crippen LogP contribution in [0.1, 0.15) is 17.8 Å². The van der Waals surface area contributed by atoms with Crippen LogP contribution in [0.5, 0.6) is 0 Å². The molecular formula is C11H11F3N2O3S. The fraction of sp³-hybridized carbons (Fsp3) is 0.455. The summed E-state index contributed by atoms with van der Waals surface area (Å²) < 4.78 is 39.2. The van der Waals surface area contributed by atoms with Crippen LogP contribution in [0.3, 0.4) is 0 Å². The number of thiophene rings is 1. The number of hydrogen-bond acceptors (Lipinski definition) is 4. The Morgan fingerprint density at radius 3 is 2.60 bits per heavy atom. The van der Waals surface area contributed by atoms with E-state index in [-0.39, 0.29) is 0 Å². The lowest BCUT2D eigenvalue weighted by Crippen LogP contribution is -2.72. The fourth-order valence-corrected chi connectivity index (χ4v) is 3.05. The second-order valence-electron chi connectivity index (χ2n) is 4.44. The van der Waals surface area contributed by atoms with Gasteiger partial charge in [-0.05, 0) is 18.4 Å². The molecule has 110 valence electrons. The SMILES string of the molecule is CC(=O)[C@@H]1[C@@H](c2cccs2)NC(=O)N[C@]1(O)C(F)(F)F. The Bertz CT molecular complexity index is 532. The summed E-state index contributed by atoms with van der Waals surface area (Å²) in [7, 11) is 0. The average molecular weight is 308 g/mol.